The van der Waals surface area contributed by atoms with Gasteiger partial charge in [0.15, 0.2) is 11.6 Å². The standard InChI is InChI=1S/C24H30ClN7O6S/c1-13(2)38-21(22-26-11-15(25)12-27-22)14(3)39(34,35)31-24-30-29-23(16-9-10-19(33)28-16)32(24)20-17(36-4)7-6-8-18(20)37-5/h6-8,11-14,16,21H,9-10H2,1-5H3,(H,28,33)(H,30,31)/t14-,16+,21+/m0/s1. The Morgan fingerprint density at radius 1 is 1.10 bits per heavy atom. The van der Waals surface area contributed by atoms with Crippen molar-refractivity contribution in [1.29, 1.82) is 0 Å². The highest BCUT2D eigenvalue weighted by Crippen LogP contribution is 2.38. The molecule has 0 saturated carbocycles. The van der Waals surface area contributed by atoms with Gasteiger partial charge in [0.2, 0.25) is 21.9 Å². The van der Waals surface area contributed by atoms with Crippen LogP contribution in [0.1, 0.15) is 57.4 Å². The zero-order chi connectivity index (χ0) is 28.3. The molecular formula is C24H30ClN7O6S. The molecule has 2 aromatic heterocycles. The molecule has 0 radical (unpaired) electrons. The van der Waals surface area contributed by atoms with E-state index in [0.29, 0.717) is 40.9 Å². The summed E-state index contributed by atoms with van der Waals surface area (Å²) in [5.41, 5.74) is 0.366. The van der Waals surface area contributed by atoms with E-state index in [9.17, 15) is 13.2 Å². The van der Waals surface area contributed by atoms with Gasteiger partial charge in [-0.1, -0.05) is 17.7 Å². The summed E-state index contributed by atoms with van der Waals surface area (Å²) in [4.78, 5) is 20.4. The monoisotopic (exact) mass is 579 g/mol. The van der Waals surface area contributed by atoms with Gasteiger partial charge in [-0.05, 0) is 39.3 Å². The van der Waals surface area contributed by atoms with Gasteiger partial charge < -0.3 is 19.5 Å². The van der Waals surface area contributed by atoms with Crippen LogP contribution >= 0.6 is 11.6 Å². The predicted molar refractivity (Wildman–Crippen MR) is 143 cm³/mol. The summed E-state index contributed by atoms with van der Waals surface area (Å²) in [6.07, 6.45) is 2.15. The fourth-order valence-corrected chi connectivity index (χ4v) is 5.38. The number of nitrogens with zero attached hydrogens (tertiary/aromatic N) is 5. The molecule has 210 valence electrons. The predicted octanol–water partition coefficient (Wildman–Crippen LogP) is 2.98. The Bertz CT molecular complexity index is 1410. The fourth-order valence-electron chi connectivity index (χ4n) is 4.20. The number of hydrogen-bond acceptors (Lipinski definition) is 10. The zero-order valence-corrected chi connectivity index (χ0v) is 23.7. The Kier molecular flexibility index (Phi) is 8.57. The smallest absolute Gasteiger partial charge is 0.243 e. The van der Waals surface area contributed by atoms with Gasteiger partial charge in [0.25, 0.3) is 0 Å². The number of nitrogens with one attached hydrogen (secondary N) is 2. The van der Waals surface area contributed by atoms with Crippen molar-refractivity contribution in [3.05, 3.63) is 47.3 Å². The molecule has 1 aliphatic rings. The molecule has 2 N–H and O–H groups in total. The summed E-state index contributed by atoms with van der Waals surface area (Å²) in [7, 11) is -1.23. The zero-order valence-electron chi connectivity index (χ0n) is 22.1. The Labute approximate surface area is 231 Å². The topological polar surface area (TPSA) is 159 Å². The Morgan fingerprint density at radius 2 is 1.74 bits per heavy atom. The van der Waals surface area contributed by atoms with E-state index in [1.54, 1.807) is 32.0 Å². The number of carbonyl (C=O) groups excluding carboxylic acids is 1. The maximum absolute atomic E-state index is 13.8. The quantitative estimate of drug-likeness (QED) is 0.345. The third kappa shape index (κ3) is 6.07. The van der Waals surface area contributed by atoms with Crippen LogP contribution in [-0.2, 0) is 19.6 Å². The van der Waals surface area contributed by atoms with Crippen molar-refractivity contribution in [2.24, 2.45) is 0 Å². The number of hydrogen-bond donors (Lipinski definition) is 2. The van der Waals surface area contributed by atoms with E-state index in [1.807, 2.05) is 0 Å². The van der Waals surface area contributed by atoms with E-state index in [4.69, 9.17) is 25.8 Å². The molecule has 0 bridgehead atoms. The lowest BCUT2D eigenvalue weighted by Gasteiger charge is -2.25. The number of aromatic nitrogens is 5. The number of methoxy groups -OCH3 is 2. The highest BCUT2D eigenvalue weighted by Gasteiger charge is 2.37. The number of ether oxygens (including phenoxy) is 3. The van der Waals surface area contributed by atoms with Crippen LogP contribution in [0.2, 0.25) is 5.02 Å². The number of carbonyl (C=O) groups is 1. The first-order valence-corrected chi connectivity index (χ1v) is 14.1. The second kappa shape index (κ2) is 11.7. The van der Waals surface area contributed by atoms with Crippen LogP contribution in [0.15, 0.2) is 30.6 Å². The number of sulfonamides is 1. The van der Waals surface area contributed by atoms with Crippen molar-refractivity contribution in [1.82, 2.24) is 30.0 Å². The molecule has 15 heteroatoms. The van der Waals surface area contributed by atoms with E-state index in [1.165, 1.54) is 38.1 Å². The number of para-hydroxylation sites is 1. The second-order valence-electron chi connectivity index (χ2n) is 9.10. The summed E-state index contributed by atoms with van der Waals surface area (Å²) in [6, 6.07) is 4.61. The molecule has 0 spiro atoms. The van der Waals surface area contributed by atoms with Gasteiger partial charge in [-0.15, -0.1) is 10.2 Å². The van der Waals surface area contributed by atoms with Gasteiger partial charge in [-0.25, -0.2) is 18.4 Å². The molecule has 0 unspecified atom stereocenters. The van der Waals surface area contributed by atoms with Crippen molar-refractivity contribution in [2.75, 3.05) is 18.9 Å². The van der Waals surface area contributed by atoms with E-state index < -0.39 is 27.4 Å². The normalized spacial score (nSPS) is 17.1. The maximum Gasteiger partial charge on any atom is 0.243 e. The minimum Gasteiger partial charge on any atom is -0.494 e. The number of rotatable bonds is 11. The SMILES string of the molecule is COc1cccc(OC)c1-n1c(NS(=O)(=O)[C@@H](C)[C@@H](OC(C)C)c2ncc(Cl)cn2)nnc1[C@H]1CCC(=O)N1. The Morgan fingerprint density at radius 3 is 2.28 bits per heavy atom. The number of halogens is 1. The van der Waals surface area contributed by atoms with Gasteiger partial charge in [0.1, 0.15) is 28.5 Å². The first kappa shape index (κ1) is 28.5. The van der Waals surface area contributed by atoms with Crippen LogP contribution in [-0.4, -0.2) is 64.6 Å². The first-order chi connectivity index (χ1) is 18.6. The first-order valence-electron chi connectivity index (χ1n) is 12.2. The Balaban J connectivity index is 1.79. The van der Waals surface area contributed by atoms with E-state index in [0.717, 1.165) is 0 Å². The molecule has 1 amide bonds. The van der Waals surface area contributed by atoms with Crippen molar-refractivity contribution in [2.45, 2.75) is 57.1 Å². The molecule has 1 aromatic carbocycles. The Hall–Kier alpha value is -3.49. The van der Waals surface area contributed by atoms with Gasteiger partial charge in [0, 0.05) is 18.8 Å². The maximum atomic E-state index is 13.8. The largest absolute Gasteiger partial charge is 0.494 e. The van der Waals surface area contributed by atoms with E-state index in [-0.39, 0.29) is 23.8 Å². The summed E-state index contributed by atoms with van der Waals surface area (Å²) < 4.78 is 48.6. The third-order valence-electron chi connectivity index (χ3n) is 6.08. The molecule has 3 aromatic rings. The molecular weight excluding hydrogens is 550 g/mol. The van der Waals surface area contributed by atoms with Crippen LogP contribution in [0.4, 0.5) is 5.95 Å². The lowest BCUT2D eigenvalue weighted by Crippen LogP contribution is -2.35. The summed E-state index contributed by atoms with van der Waals surface area (Å²) >= 11 is 5.93. The highest BCUT2D eigenvalue weighted by atomic mass is 35.5. The number of anilines is 1. The van der Waals surface area contributed by atoms with Crippen LogP contribution in [0.5, 0.6) is 11.5 Å². The van der Waals surface area contributed by atoms with Crippen LogP contribution in [0, 0.1) is 0 Å². The molecule has 0 aliphatic carbocycles. The van der Waals surface area contributed by atoms with Crippen molar-refractivity contribution >= 4 is 33.5 Å². The van der Waals surface area contributed by atoms with Gasteiger partial charge >= 0.3 is 0 Å². The summed E-state index contributed by atoms with van der Waals surface area (Å²) in [5.74, 6) is 0.959. The van der Waals surface area contributed by atoms with E-state index in [2.05, 4.69) is 30.2 Å². The van der Waals surface area contributed by atoms with Gasteiger partial charge in [-0.2, -0.15) is 0 Å². The average molecular weight is 580 g/mol. The van der Waals surface area contributed by atoms with Crippen molar-refractivity contribution in [3.8, 4) is 17.2 Å². The molecule has 1 saturated heterocycles. The highest BCUT2D eigenvalue weighted by molar-refractivity contribution is 7.93. The van der Waals surface area contributed by atoms with Crippen LogP contribution in [0.25, 0.3) is 5.69 Å². The van der Waals surface area contributed by atoms with Crippen molar-refractivity contribution < 1.29 is 27.4 Å². The third-order valence-corrected chi connectivity index (χ3v) is 7.97. The molecule has 1 fully saturated rings. The molecule has 4 rings (SSSR count). The molecule has 13 nitrogen and oxygen atoms in total. The lowest BCUT2D eigenvalue weighted by atomic mass is 10.2. The molecule has 1 aliphatic heterocycles. The molecule has 3 heterocycles. The minimum atomic E-state index is -4.19. The molecule has 3 atom stereocenters. The number of benzene rings is 1. The minimum absolute atomic E-state index is 0.124. The summed E-state index contributed by atoms with van der Waals surface area (Å²) in [5, 5.41) is 10.4. The van der Waals surface area contributed by atoms with Gasteiger partial charge in [0.05, 0.1) is 31.4 Å². The number of amides is 1. The van der Waals surface area contributed by atoms with E-state index >= 15 is 0 Å². The average Bonchev–Trinajstić information content (AvgIpc) is 3.52. The fraction of sp³-hybridized carbons (Fsp3) is 0.458. The van der Waals surface area contributed by atoms with Gasteiger partial charge in [-0.3, -0.25) is 14.1 Å². The second-order valence-corrected chi connectivity index (χ2v) is 11.6. The van der Waals surface area contributed by atoms with Crippen LogP contribution in [0.3, 0.4) is 0 Å². The molecule has 39 heavy (non-hydrogen) atoms. The van der Waals surface area contributed by atoms with Crippen molar-refractivity contribution in [3.63, 3.8) is 0 Å². The van der Waals surface area contributed by atoms with Crippen LogP contribution < -0.4 is 19.5 Å². The summed E-state index contributed by atoms with van der Waals surface area (Å²) in [6.45, 7) is 5.04. The lowest BCUT2D eigenvalue weighted by molar-refractivity contribution is -0.119.